The summed E-state index contributed by atoms with van der Waals surface area (Å²) in [4.78, 5) is 26.8. The number of halogens is 3. The summed E-state index contributed by atoms with van der Waals surface area (Å²) in [5, 5.41) is 2.83. The number of nitrogens with one attached hydrogen (secondary N) is 1. The van der Waals surface area contributed by atoms with Crippen LogP contribution in [0.1, 0.15) is 48.9 Å². The predicted molar refractivity (Wildman–Crippen MR) is 143 cm³/mol. The Hall–Kier alpha value is -4.01. The van der Waals surface area contributed by atoms with Gasteiger partial charge in [-0.15, -0.1) is 0 Å². The van der Waals surface area contributed by atoms with Crippen LogP contribution in [0, 0.1) is 0 Å². The van der Waals surface area contributed by atoms with Crippen LogP contribution in [-0.2, 0) is 28.8 Å². The summed E-state index contributed by atoms with van der Waals surface area (Å²) in [6.45, 7) is 5.89. The van der Waals surface area contributed by atoms with Crippen LogP contribution in [0.25, 0.3) is 11.1 Å². The molecule has 39 heavy (non-hydrogen) atoms. The zero-order valence-electron chi connectivity index (χ0n) is 22.5. The molecular formula is C30H33F3N2O4. The number of esters is 1. The van der Waals surface area contributed by atoms with E-state index in [-0.39, 0.29) is 26.2 Å². The van der Waals surface area contributed by atoms with Crippen molar-refractivity contribution in [2.75, 3.05) is 20.3 Å². The van der Waals surface area contributed by atoms with Gasteiger partial charge in [-0.05, 0) is 67.3 Å². The van der Waals surface area contributed by atoms with Gasteiger partial charge in [-0.3, -0.25) is 4.79 Å². The molecule has 0 fully saturated rings. The molecule has 3 rings (SSSR count). The summed E-state index contributed by atoms with van der Waals surface area (Å²) in [6.07, 6.45) is -4.57. The van der Waals surface area contributed by atoms with Gasteiger partial charge < -0.3 is 19.7 Å². The third-order valence-corrected chi connectivity index (χ3v) is 6.40. The van der Waals surface area contributed by atoms with Gasteiger partial charge in [-0.25, -0.2) is 4.79 Å². The lowest BCUT2D eigenvalue weighted by Gasteiger charge is -2.24. The lowest BCUT2D eigenvalue weighted by atomic mass is 9.92. The number of hydrogen-bond acceptors (Lipinski definition) is 4. The van der Waals surface area contributed by atoms with Crippen molar-refractivity contribution in [3.05, 3.63) is 89.0 Å². The molecule has 0 radical (unpaired) electrons. The minimum Gasteiger partial charge on any atom is -0.496 e. The Kier molecular flexibility index (Phi) is 9.98. The molecule has 0 saturated carbocycles. The molecule has 0 aliphatic heterocycles. The fraction of sp³-hybridized carbons (Fsp3) is 0.333. The highest BCUT2D eigenvalue weighted by Crippen LogP contribution is 2.39. The molecule has 1 unspecified atom stereocenters. The van der Waals surface area contributed by atoms with Crippen molar-refractivity contribution in [3.63, 3.8) is 0 Å². The second kappa shape index (κ2) is 13.2. The fourth-order valence-corrected chi connectivity index (χ4v) is 4.19. The van der Waals surface area contributed by atoms with Crippen molar-refractivity contribution >= 4 is 12.0 Å². The molecule has 0 saturated heterocycles. The van der Waals surface area contributed by atoms with Gasteiger partial charge in [0.05, 0.1) is 25.2 Å². The Bertz CT molecular complexity index is 1280. The third-order valence-electron chi connectivity index (χ3n) is 6.40. The van der Waals surface area contributed by atoms with E-state index in [1.807, 2.05) is 30.3 Å². The molecule has 0 spiro atoms. The smallest absolute Gasteiger partial charge is 0.416 e. The number of carbonyl (C=O) groups is 2. The fourth-order valence-electron chi connectivity index (χ4n) is 4.19. The van der Waals surface area contributed by atoms with E-state index in [0.29, 0.717) is 28.0 Å². The summed E-state index contributed by atoms with van der Waals surface area (Å²) in [5.41, 5.74) is 1.97. The highest BCUT2D eigenvalue weighted by Gasteiger charge is 2.32. The van der Waals surface area contributed by atoms with Crippen LogP contribution in [0.4, 0.5) is 18.0 Å². The van der Waals surface area contributed by atoms with E-state index in [4.69, 9.17) is 9.47 Å². The largest absolute Gasteiger partial charge is 0.496 e. The molecule has 1 atom stereocenters. The topological polar surface area (TPSA) is 67.9 Å². The normalized spacial score (nSPS) is 12.0. The number of benzene rings is 3. The van der Waals surface area contributed by atoms with Crippen molar-refractivity contribution in [2.45, 2.75) is 46.0 Å². The van der Waals surface area contributed by atoms with Gasteiger partial charge >= 0.3 is 18.2 Å². The van der Waals surface area contributed by atoms with Crippen LogP contribution in [-0.4, -0.2) is 37.2 Å². The Labute approximate surface area is 226 Å². The summed E-state index contributed by atoms with van der Waals surface area (Å²) >= 11 is 0. The van der Waals surface area contributed by atoms with Crippen LogP contribution >= 0.6 is 0 Å². The van der Waals surface area contributed by atoms with Gasteiger partial charge in [0.1, 0.15) is 5.75 Å². The summed E-state index contributed by atoms with van der Waals surface area (Å²) < 4.78 is 51.8. The zero-order chi connectivity index (χ0) is 28.6. The number of hydrogen-bond donors (Lipinski definition) is 1. The van der Waals surface area contributed by atoms with Crippen molar-refractivity contribution in [3.8, 4) is 16.9 Å². The molecule has 3 aromatic carbocycles. The number of rotatable bonds is 10. The van der Waals surface area contributed by atoms with E-state index in [0.717, 1.165) is 17.7 Å². The first-order chi connectivity index (χ1) is 18.6. The Morgan fingerprint density at radius 3 is 2.31 bits per heavy atom. The molecule has 0 aromatic heterocycles. The van der Waals surface area contributed by atoms with Crippen molar-refractivity contribution in [1.29, 1.82) is 0 Å². The first-order valence-corrected chi connectivity index (χ1v) is 12.7. The summed E-state index contributed by atoms with van der Waals surface area (Å²) in [6, 6.07) is 17.5. The number of carbonyl (C=O) groups excluding carboxylic acids is 2. The highest BCUT2D eigenvalue weighted by molar-refractivity contribution is 5.81. The van der Waals surface area contributed by atoms with Crippen LogP contribution in [0.5, 0.6) is 5.75 Å². The molecule has 3 aromatic rings. The molecule has 0 bridgehead atoms. The molecule has 1 N–H and O–H groups in total. The van der Waals surface area contributed by atoms with Crippen LogP contribution < -0.4 is 10.1 Å². The molecule has 208 valence electrons. The Balaban J connectivity index is 2.01. The van der Waals surface area contributed by atoms with Crippen molar-refractivity contribution in [1.82, 2.24) is 10.2 Å². The zero-order valence-corrected chi connectivity index (χ0v) is 22.5. The summed E-state index contributed by atoms with van der Waals surface area (Å²) in [7, 11) is 1.46. The van der Waals surface area contributed by atoms with Crippen LogP contribution in [0.2, 0.25) is 0 Å². The van der Waals surface area contributed by atoms with E-state index >= 15 is 0 Å². The number of alkyl halides is 3. The third kappa shape index (κ3) is 7.52. The first-order valence-electron chi connectivity index (χ1n) is 12.7. The van der Waals surface area contributed by atoms with Gasteiger partial charge in [-0.2, -0.15) is 13.2 Å². The summed E-state index contributed by atoms with van der Waals surface area (Å²) in [5.74, 6) is -0.579. The molecule has 9 heteroatoms. The minimum absolute atomic E-state index is 0.0722. The van der Waals surface area contributed by atoms with Gasteiger partial charge in [0.2, 0.25) is 0 Å². The first kappa shape index (κ1) is 29.5. The maximum absolute atomic E-state index is 13.7. The lowest BCUT2D eigenvalue weighted by Crippen LogP contribution is -2.39. The Morgan fingerprint density at radius 2 is 1.69 bits per heavy atom. The minimum atomic E-state index is -4.57. The SMILES string of the molecule is CCOC(=O)C(C)c1ccc(OC)c(-c2ccc(C(F)(F)F)cc2CN(CC)C(=O)NCc2ccccc2)c1. The van der Waals surface area contributed by atoms with Gasteiger partial charge in [0, 0.05) is 25.2 Å². The predicted octanol–water partition coefficient (Wildman–Crippen LogP) is 6.78. The number of nitrogens with zero attached hydrogens (tertiary/aromatic N) is 1. The molecule has 0 aliphatic rings. The van der Waals surface area contributed by atoms with E-state index in [9.17, 15) is 22.8 Å². The molecule has 0 aliphatic carbocycles. The van der Waals surface area contributed by atoms with Crippen molar-refractivity contribution < 1.29 is 32.2 Å². The van der Waals surface area contributed by atoms with E-state index in [1.54, 1.807) is 39.0 Å². The molecule has 6 nitrogen and oxygen atoms in total. The number of amides is 2. The Morgan fingerprint density at radius 1 is 0.974 bits per heavy atom. The van der Waals surface area contributed by atoms with Crippen LogP contribution in [0.15, 0.2) is 66.7 Å². The number of ether oxygens (including phenoxy) is 2. The molecule has 2 amide bonds. The van der Waals surface area contributed by atoms with E-state index < -0.39 is 29.7 Å². The quantitative estimate of drug-likeness (QED) is 0.287. The van der Waals surface area contributed by atoms with Gasteiger partial charge in [-0.1, -0.05) is 42.5 Å². The van der Waals surface area contributed by atoms with E-state index in [1.165, 1.54) is 18.1 Å². The van der Waals surface area contributed by atoms with Crippen LogP contribution in [0.3, 0.4) is 0 Å². The number of urea groups is 1. The van der Waals surface area contributed by atoms with Gasteiger partial charge in [0.15, 0.2) is 0 Å². The molecule has 0 heterocycles. The van der Waals surface area contributed by atoms with Crippen molar-refractivity contribution in [2.24, 2.45) is 0 Å². The average molecular weight is 543 g/mol. The van der Waals surface area contributed by atoms with Gasteiger partial charge in [0.25, 0.3) is 0 Å². The standard InChI is InChI=1S/C30H33F3N2O4/c1-5-35(29(37)34-18-21-10-8-7-9-11-21)19-23-16-24(30(31,32)33)13-14-25(23)26-17-22(12-15-27(26)38-4)20(3)28(36)39-6-2/h7-17,20H,5-6,18-19H2,1-4H3,(H,34,37). The second-order valence-electron chi connectivity index (χ2n) is 8.96. The second-order valence-corrected chi connectivity index (χ2v) is 8.96. The lowest BCUT2D eigenvalue weighted by molar-refractivity contribution is -0.144. The monoisotopic (exact) mass is 542 g/mol. The highest BCUT2D eigenvalue weighted by atomic mass is 19.4. The average Bonchev–Trinajstić information content (AvgIpc) is 2.94. The maximum Gasteiger partial charge on any atom is 0.416 e. The molecular weight excluding hydrogens is 509 g/mol. The number of methoxy groups -OCH3 is 1. The van der Waals surface area contributed by atoms with E-state index in [2.05, 4.69) is 5.32 Å². The maximum atomic E-state index is 13.7.